The number of carbonyl (C=O) groups is 1. The number of carbonyl (C=O) groups excluding carboxylic acids is 1. The van der Waals surface area contributed by atoms with Gasteiger partial charge in [0, 0.05) is 12.5 Å². The van der Waals surface area contributed by atoms with E-state index < -0.39 is 0 Å². The van der Waals surface area contributed by atoms with Crippen LogP contribution in [0.1, 0.15) is 50.7 Å². The maximum atomic E-state index is 12.0. The minimum atomic E-state index is 0.200. The summed E-state index contributed by atoms with van der Waals surface area (Å²) in [5.41, 5.74) is 2.95. The predicted octanol–water partition coefficient (Wildman–Crippen LogP) is 3.62. The lowest BCUT2D eigenvalue weighted by Gasteiger charge is -2.18. The summed E-state index contributed by atoms with van der Waals surface area (Å²) in [6.45, 7) is 6.67. The topological polar surface area (TPSA) is 29.1 Å². The first-order valence-corrected chi connectivity index (χ1v) is 7.30. The fourth-order valence-corrected chi connectivity index (χ4v) is 3.00. The van der Waals surface area contributed by atoms with Crippen molar-refractivity contribution in [1.29, 1.82) is 0 Å². The molecular weight excluding hydrogens is 234 g/mol. The molecule has 1 aromatic carbocycles. The van der Waals surface area contributed by atoms with Gasteiger partial charge in [-0.15, -0.1) is 0 Å². The molecule has 0 heterocycles. The largest absolute Gasteiger partial charge is 0.353 e. The van der Waals surface area contributed by atoms with Gasteiger partial charge in [0.1, 0.15) is 0 Å². The Bertz CT molecular complexity index is 450. The Labute approximate surface area is 116 Å². The Kier molecular flexibility index (Phi) is 4.28. The zero-order valence-corrected chi connectivity index (χ0v) is 12.3. The summed E-state index contributed by atoms with van der Waals surface area (Å²) in [5, 5.41) is 3.19. The highest BCUT2D eigenvalue weighted by Crippen LogP contribution is 2.36. The highest BCUT2D eigenvalue weighted by molar-refractivity contribution is 5.76. The highest BCUT2D eigenvalue weighted by Gasteiger charge is 2.31. The van der Waals surface area contributed by atoms with Gasteiger partial charge in [-0.2, -0.15) is 0 Å². The number of aryl methyl sites for hydroxylation is 2. The quantitative estimate of drug-likeness (QED) is 0.879. The van der Waals surface area contributed by atoms with Crippen LogP contribution in [0.3, 0.4) is 0 Å². The van der Waals surface area contributed by atoms with Crippen LogP contribution in [0.5, 0.6) is 0 Å². The zero-order chi connectivity index (χ0) is 13.9. The van der Waals surface area contributed by atoms with Gasteiger partial charge in [-0.05, 0) is 49.1 Å². The first-order valence-electron chi connectivity index (χ1n) is 7.30. The maximum absolute atomic E-state index is 12.0. The third-order valence-corrected chi connectivity index (χ3v) is 4.22. The van der Waals surface area contributed by atoms with Crippen molar-refractivity contribution < 1.29 is 4.79 Å². The average Bonchev–Trinajstić information content (AvgIpc) is 2.67. The summed E-state index contributed by atoms with van der Waals surface area (Å²) in [5.74, 6) is 0.200. The van der Waals surface area contributed by atoms with Gasteiger partial charge < -0.3 is 5.32 Å². The summed E-state index contributed by atoms with van der Waals surface area (Å²) in [4.78, 5) is 12.0. The molecule has 0 spiro atoms. The first kappa shape index (κ1) is 14.1. The Morgan fingerprint density at radius 2 is 2.11 bits per heavy atom. The highest BCUT2D eigenvalue weighted by atomic mass is 16.1. The molecule has 1 amide bonds. The van der Waals surface area contributed by atoms with Crippen LogP contribution in [0.15, 0.2) is 24.3 Å². The van der Waals surface area contributed by atoms with E-state index >= 15 is 0 Å². The zero-order valence-electron chi connectivity index (χ0n) is 12.3. The molecule has 1 atom stereocenters. The van der Waals surface area contributed by atoms with E-state index in [0.29, 0.717) is 17.9 Å². The van der Waals surface area contributed by atoms with E-state index in [1.807, 2.05) is 12.1 Å². The molecule has 0 saturated heterocycles. The van der Waals surface area contributed by atoms with Crippen molar-refractivity contribution >= 4 is 5.91 Å². The van der Waals surface area contributed by atoms with E-state index in [4.69, 9.17) is 0 Å². The van der Waals surface area contributed by atoms with Crippen LogP contribution in [0.2, 0.25) is 0 Å². The normalized spacial score (nSPS) is 21.3. The fourth-order valence-electron chi connectivity index (χ4n) is 3.00. The van der Waals surface area contributed by atoms with E-state index in [0.717, 1.165) is 19.3 Å². The predicted molar refractivity (Wildman–Crippen MR) is 79.1 cm³/mol. The SMILES string of the molecule is Cc1ccccc1CCC(=O)NC1CCC(C)(C)C1. The molecule has 2 rings (SSSR count). The van der Waals surface area contributed by atoms with E-state index in [9.17, 15) is 4.79 Å². The molecule has 0 radical (unpaired) electrons. The van der Waals surface area contributed by atoms with E-state index in [1.165, 1.54) is 17.5 Å². The van der Waals surface area contributed by atoms with Crippen LogP contribution < -0.4 is 5.32 Å². The smallest absolute Gasteiger partial charge is 0.220 e. The molecule has 2 nitrogen and oxygen atoms in total. The van der Waals surface area contributed by atoms with Crippen LogP contribution in [-0.4, -0.2) is 11.9 Å². The molecular formula is C17H25NO. The van der Waals surface area contributed by atoms with Gasteiger partial charge in [-0.25, -0.2) is 0 Å². The molecule has 19 heavy (non-hydrogen) atoms. The van der Waals surface area contributed by atoms with Crippen molar-refractivity contribution in [2.24, 2.45) is 5.41 Å². The van der Waals surface area contributed by atoms with E-state index in [1.54, 1.807) is 0 Å². The van der Waals surface area contributed by atoms with Gasteiger partial charge in [-0.1, -0.05) is 38.1 Å². The Hall–Kier alpha value is -1.31. The van der Waals surface area contributed by atoms with Crippen LogP contribution in [0.25, 0.3) is 0 Å². The van der Waals surface area contributed by atoms with Crippen molar-refractivity contribution in [2.45, 2.75) is 58.9 Å². The fraction of sp³-hybridized carbons (Fsp3) is 0.588. The van der Waals surface area contributed by atoms with Crippen molar-refractivity contribution in [3.8, 4) is 0 Å². The molecule has 1 N–H and O–H groups in total. The number of hydrogen-bond acceptors (Lipinski definition) is 1. The summed E-state index contributed by atoms with van der Waals surface area (Å²) >= 11 is 0. The molecule has 1 saturated carbocycles. The minimum Gasteiger partial charge on any atom is -0.353 e. The third kappa shape index (κ3) is 4.09. The van der Waals surface area contributed by atoms with Crippen LogP contribution in [-0.2, 0) is 11.2 Å². The molecule has 1 aromatic rings. The lowest BCUT2D eigenvalue weighted by atomic mass is 9.92. The molecule has 0 aliphatic heterocycles. The lowest BCUT2D eigenvalue weighted by Crippen LogP contribution is -2.33. The molecule has 1 fully saturated rings. The van der Waals surface area contributed by atoms with Gasteiger partial charge in [0.2, 0.25) is 5.91 Å². The number of amides is 1. The van der Waals surface area contributed by atoms with Crippen LogP contribution >= 0.6 is 0 Å². The number of nitrogens with one attached hydrogen (secondary N) is 1. The number of rotatable bonds is 4. The maximum Gasteiger partial charge on any atom is 0.220 e. The van der Waals surface area contributed by atoms with Gasteiger partial charge >= 0.3 is 0 Å². The number of benzene rings is 1. The molecule has 104 valence electrons. The Balaban J connectivity index is 1.78. The minimum absolute atomic E-state index is 0.200. The summed E-state index contributed by atoms with van der Waals surface area (Å²) in [6.07, 6.45) is 4.90. The van der Waals surface area contributed by atoms with Crippen molar-refractivity contribution in [3.63, 3.8) is 0 Å². The molecule has 1 unspecified atom stereocenters. The van der Waals surface area contributed by atoms with Crippen molar-refractivity contribution in [2.75, 3.05) is 0 Å². The third-order valence-electron chi connectivity index (χ3n) is 4.22. The summed E-state index contributed by atoms with van der Waals surface area (Å²) in [7, 11) is 0. The monoisotopic (exact) mass is 259 g/mol. The van der Waals surface area contributed by atoms with E-state index in [2.05, 4.69) is 38.2 Å². The second kappa shape index (κ2) is 5.77. The van der Waals surface area contributed by atoms with Gasteiger partial charge in [0.15, 0.2) is 0 Å². The lowest BCUT2D eigenvalue weighted by molar-refractivity contribution is -0.121. The molecule has 1 aliphatic rings. The van der Waals surface area contributed by atoms with Gasteiger partial charge in [0.05, 0.1) is 0 Å². The van der Waals surface area contributed by atoms with Gasteiger partial charge in [-0.3, -0.25) is 4.79 Å². The molecule has 0 bridgehead atoms. The summed E-state index contributed by atoms with van der Waals surface area (Å²) < 4.78 is 0. The number of hydrogen-bond donors (Lipinski definition) is 1. The Morgan fingerprint density at radius 1 is 1.37 bits per heavy atom. The first-order chi connectivity index (χ1) is 8.96. The van der Waals surface area contributed by atoms with Crippen molar-refractivity contribution in [1.82, 2.24) is 5.32 Å². The molecule has 2 heteroatoms. The van der Waals surface area contributed by atoms with Gasteiger partial charge in [0.25, 0.3) is 0 Å². The summed E-state index contributed by atoms with van der Waals surface area (Å²) in [6, 6.07) is 8.69. The van der Waals surface area contributed by atoms with Crippen LogP contribution in [0.4, 0.5) is 0 Å². The van der Waals surface area contributed by atoms with Crippen LogP contribution in [0, 0.1) is 12.3 Å². The van der Waals surface area contributed by atoms with Crippen molar-refractivity contribution in [3.05, 3.63) is 35.4 Å². The standard InChI is InChI=1S/C17H25NO/c1-13-6-4-5-7-14(13)8-9-16(19)18-15-10-11-17(2,3)12-15/h4-7,15H,8-12H2,1-3H3,(H,18,19). The molecule has 1 aliphatic carbocycles. The van der Waals surface area contributed by atoms with E-state index in [-0.39, 0.29) is 5.91 Å². The average molecular weight is 259 g/mol. The Morgan fingerprint density at radius 3 is 2.74 bits per heavy atom. The second-order valence-corrected chi connectivity index (χ2v) is 6.60. The second-order valence-electron chi connectivity index (χ2n) is 6.60. The molecule has 0 aromatic heterocycles.